The van der Waals surface area contributed by atoms with Gasteiger partial charge in [-0.2, -0.15) is 0 Å². The van der Waals surface area contributed by atoms with Crippen molar-refractivity contribution in [3.8, 4) is 5.75 Å². The highest BCUT2D eigenvalue weighted by molar-refractivity contribution is 5.94. The van der Waals surface area contributed by atoms with Gasteiger partial charge in [0.2, 0.25) is 0 Å². The van der Waals surface area contributed by atoms with Crippen LogP contribution >= 0.6 is 0 Å². The third-order valence-electron chi connectivity index (χ3n) is 6.01. The molecule has 3 N–H and O–H groups in total. The molecule has 7 heteroatoms. The topological polar surface area (TPSA) is 101 Å². The molecule has 0 radical (unpaired) electrons. The molecule has 1 atom stereocenters. The average Bonchev–Trinajstić information content (AvgIpc) is 2.79. The van der Waals surface area contributed by atoms with Gasteiger partial charge >= 0.3 is 0 Å². The van der Waals surface area contributed by atoms with Gasteiger partial charge in [-0.15, -0.1) is 0 Å². The Labute approximate surface area is 175 Å². The second kappa shape index (κ2) is 9.36. The van der Waals surface area contributed by atoms with Crippen LogP contribution in [0.3, 0.4) is 0 Å². The van der Waals surface area contributed by atoms with Gasteiger partial charge in [-0.25, -0.2) is 5.48 Å². The molecule has 158 valence electrons. The van der Waals surface area contributed by atoms with Gasteiger partial charge in [-0.05, 0) is 74.0 Å². The molecule has 2 aromatic rings. The predicted octanol–water partition coefficient (Wildman–Crippen LogP) is 2.71. The summed E-state index contributed by atoms with van der Waals surface area (Å²) in [6.45, 7) is 1.95. The number of benzene rings is 1. The number of Topliss-reactive ketones (excluding diaryl/α,β-unsaturated/α-hetero) is 1. The van der Waals surface area contributed by atoms with Crippen LogP contribution in [-0.4, -0.2) is 41.1 Å². The fourth-order valence-corrected chi connectivity index (χ4v) is 4.31. The number of hydrogen-bond acceptors (Lipinski definition) is 6. The van der Waals surface area contributed by atoms with Crippen molar-refractivity contribution < 1.29 is 19.5 Å². The molecule has 7 nitrogen and oxygen atoms in total. The highest BCUT2D eigenvalue weighted by Crippen LogP contribution is 2.27. The molecule has 2 aliphatic rings. The van der Waals surface area contributed by atoms with Crippen LogP contribution in [0.15, 0.2) is 36.5 Å². The van der Waals surface area contributed by atoms with E-state index < -0.39 is 5.91 Å². The zero-order valence-corrected chi connectivity index (χ0v) is 16.9. The van der Waals surface area contributed by atoms with Gasteiger partial charge in [-0.1, -0.05) is 6.07 Å². The smallest absolute Gasteiger partial charge is 0.274 e. The van der Waals surface area contributed by atoms with Gasteiger partial charge in [0, 0.05) is 30.7 Å². The number of hydroxylamine groups is 1. The number of rotatable bonds is 6. The molecule has 1 amide bonds. The number of amides is 1. The minimum Gasteiger partial charge on any atom is -0.490 e. The monoisotopic (exact) mass is 409 g/mol. The molecule has 1 aliphatic carbocycles. The number of pyridine rings is 1. The lowest BCUT2D eigenvalue weighted by Crippen LogP contribution is -2.29. The highest BCUT2D eigenvalue weighted by Gasteiger charge is 2.23. The van der Waals surface area contributed by atoms with Crippen LogP contribution in [0.25, 0.3) is 0 Å². The van der Waals surface area contributed by atoms with Crippen molar-refractivity contribution in [2.24, 2.45) is 5.92 Å². The third kappa shape index (κ3) is 4.86. The molecule has 0 spiro atoms. The number of ketones is 1. The zero-order chi connectivity index (χ0) is 20.9. The van der Waals surface area contributed by atoms with E-state index in [0.29, 0.717) is 29.3 Å². The Kier molecular flexibility index (Phi) is 6.40. The number of aryl methyl sites for hydroxylation is 1. The first kappa shape index (κ1) is 20.5. The fourth-order valence-electron chi connectivity index (χ4n) is 4.31. The number of ether oxygens (including phenoxy) is 1. The van der Waals surface area contributed by atoms with Gasteiger partial charge in [0.05, 0.1) is 0 Å². The van der Waals surface area contributed by atoms with E-state index in [1.165, 1.54) is 0 Å². The van der Waals surface area contributed by atoms with Crippen LogP contribution in [0.1, 0.15) is 57.7 Å². The maximum atomic E-state index is 12.6. The van der Waals surface area contributed by atoms with Crippen LogP contribution < -0.4 is 15.5 Å². The molecule has 1 fully saturated rings. The molecule has 0 bridgehead atoms. The Morgan fingerprint density at radius 2 is 1.97 bits per heavy atom. The lowest BCUT2D eigenvalue weighted by Gasteiger charge is -2.26. The lowest BCUT2D eigenvalue weighted by atomic mass is 9.88. The Morgan fingerprint density at radius 3 is 2.77 bits per heavy atom. The molecule has 0 saturated carbocycles. The van der Waals surface area contributed by atoms with Crippen molar-refractivity contribution in [1.29, 1.82) is 0 Å². The summed E-state index contributed by atoms with van der Waals surface area (Å²) >= 11 is 0. The summed E-state index contributed by atoms with van der Waals surface area (Å²) in [5, 5.41) is 12.1. The number of nitrogens with one attached hydrogen (secondary N) is 2. The van der Waals surface area contributed by atoms with E-state index in [2.05, 4.69) is 10.3 Å². The summed E-state index contributed by atoms with van der Waals surface area (Å²) < 4.78 is 6.17. The van der Waals surface area contributed by atoms with Crippen molar-refractivity contribution in [1.82, 2.24) is 15.8 Å². The fraction of sp³-hybridized carbons (Fsp3) is 0.435. The molecular weight excluding hydrogens is 382 g/mol. The standard InChI is InChI=1S/C23H27N3O4/c27-22(11-15-5-8-24-9-6-15)21-14-20(7-10-25-21)30-19-4-3-16-12-18(23(28)26-29)2-1-17(16)13-19/h1-2,7,10,12,14-15,19,24,29H,3-6,8-9,11,13H2,(H,26,28). The molecule has 1 saturated heterocycles. The minimum absolute atomic E-state index is 0.00443. The average molecular weight is 409 g/mol. The Balaban J connectivity index is 1.38. The maximum Gasteiger partial charge on any atom is 0.274 e. The normalized spacial score (nSPS) is 19.0. The van der Waals surface area contributed by atoms with Crippen LogP contribution in [0.2, 0.25) is 0 Å². The number of fused-ring (bicyclic) bond motifs is 1. The quantitative estimate of drug-likeness (QED) is 0.385. The Bertz CT molecular complexity index is 924. The molecule has 2 heterocycles. The summed E-state index contributed by atoms with van der Waals surface area (Å²) in [6, 6.07) is 8.99. The van der Waals surface area contributed by atoms with Crippen molar-refractivity contribution in [2.45, 2.75) is 44.6 Å². The number of carbonyl (C=O) groups is 2. The van der Waals surface area contributed by atoms with Crippen molar-refractivity contribution >= 4 is 11.7 Å². The van der Waals surface area contributed by atoms with E-state index in [0.717, 1.165) is 56.3 Å². The minimum atomic E-state index is -0.505. The maximum absolute atomic E-state index is 12.6. The lowest BCUT2D eigenvalue weighted by molar-refractivity contribution is 0.0706. The van der Waals surface area contributed by atoms with Gasteiger partial charge in [-0.3, -0.25) is 19.8 Å². The Hall–Kier alpha value is -2.77. The van der Waals surface area contributed by atoms with Gasteiger partial charge in [0.25, 0.3) is 5.91 Å². The van der Waals surface area contributed by atoms with Crippen LogP contribution in [0.5, 0.6) is 5.75 Å². The molecule has 1 aliphatic heterocycles. The summed E-state index contributed by atoms with van der Waals surface area (Å²) in [6.07, 6.45) is 6.59. The molecule has 4 rings (SSSR count). The number of nitrogens with zero attached hydrogens (tertiary/aromatic N) is 1. The van der Waals surface area contributed by atoms with E-state index >= 15 is 0 Å². The second-order valence-electron chi connectivity index (χ2n) is 8.10. The molecule has 1 unspecified atom stereocenters. The van der Waals surface area contributed by atoms with E-state index in [1.54, 1.807) is 29.9 Å². The van der Waals surface area contributed by atoms with E-state index in [-0.39, 0.29) is 11.9 Å². The van der Waals surface area contributed by atoms with Crippen LogP contribution in [-0.2, 0) is 12.8 Å². The van der Waals surface area contributed by atoms with Gasteiger partial charge in [0.1, 0.15) is 17.5 Å². The predicted molar refractivity (Wildman–Crippen MR) is 111 cm³/mol. The summed E-state index contributed by atoms with van der Waals surface area (Å²) in [4.78, 5) is 28.5. The summed E-state index contributed by atoms with van der Waals surface area (Å²) in [5.74, 6) is 0.673. The largest absolute Gasteiger partial charge is 0.490 e. The molecular formula is C23H27N3O4. The number of hydrogen-bond donors (Lipinski definition) is 3. The van der Waals surface area contributed by atoms with E-state index in [4.69, 9.17) is 9.94 Å². The molecule has 1 aromatic carbocycles. The van der Waals surface area contributed by atoms with Crippen LogP contribution in [0.4, 0.5) is 0 Å². The SMILES string of the molecule is O=C(NO)c1ccc2c(c1)CCC(Oc1ccnc(C(=O)CC3CCNCC3)c1)C2. The highest BCUT2D eigenvalue weighted by atomic mass is 16.5. The van der Waals surface area contributed by atoms with Gasteiger partial charge < -0.3 is 10.1 Å². The first-order valence-electron chi connectivity index (χ1n) is 10.5. The van der Waals surface area contributed by atoms with Crippen LogP contribution in [0, 0.1) is 5.92 Å². The number of aromatic nitrogens is 1. The second-order valence-corrected chi connectivity index (χ2v) is 8.10. The van der Waals surface area contributed by atoms with Crippen molar-refractivity contribution in [3.05, 3.63) is 58.9 Å². The molecule has 30 heavy (non-hydrogen) atoms. The zero-order valence-electron chi connectivity index (χ0n) is 16.9. The first-order chi connectivity index (χ1) is 14.6. The molecule has 1 aromatic heterocycles. The first-order valence-corrected chi connectivity index (χ1v) is 10.5. The number of piperidine rings is 1. The Morgan fingerprint density at radius 1 is 1.13 bits per heavy atom. The summed E-state index contributed by atoms with van der Waals surface area (Å²) in [5.41, 5.74) is 4.83. The van der Waals surface area contributed by atoms with Crippen molar-refractivity contribution in [2.75, 3.05) is 13.1 Å². The van der Waals surface area contributed by atoms with Gasteiger partial charge in [0.15, 0.2) is 5.78 Å². The van der Waals surface area contributed by atoms with E-state index in [9.17, 15) is 9.59 Å². The number of carbonyl (C=O) groups excluding carboxylic acids is 2. The van der Waals surface area contributed by atoms with Crippen molar-refractivity contribution in [3.63, 3.8) is 0 Å². The van der Waals surface area contributed by atoms with E-state index in [1.807, 2.05) is 12.1 Å². The summed E-state index contributed by atoms with van der Waals surface area (Å²) in [7, 11) is 0. The third-order valence-corrected chi connectivity index (χ3v) is 6.01.